The van der Waals surface area contributed by atoms with E-state index in [1.165, 1.54) is 11.1 Å². The lowest BCUT2D eigenvalue weighted by molar-refractivity contribution is 0.512. The first kappa shape index (κ1) is 14.0. The van der Waals surface area contributed by atoms with Crippen LogP contribution in [0.25, 0.3) is 11.0 Å². The van der Waals surface area contributed by atoms with Gasteiger partial charge in [0.15, 0.2) is 0 Å². The Bertz CT molecular complexity index is 941. The molecule has 4 nitrogen and oxygen atoms in total. The molecule has 23 heavy (non-hydrogen) atoms. The Labute approximate surface area is 135 Å². The minimum atomic E-state index is -0.162. The molecule has 1 aromatic heterocycles. The van der Waals surface area contributed by atoms with Crippen molar-refractivity contribution in [1.29, 1.82) is 0 Å². The minimum absolute atomic E-state index is 0.162. The van der Waals surface area contributed by atoms with Crippen molar-refractivity contribution in [3.8, 4) is 0 Å². The summed E-state index contributed by atoms with van der Waals surface area (Å²) in [6.45, 7) is 6.41. The first-order valence-electron chi connectivity index (χ1n) is 7.81. The first-order chi connectivity index (χ1) is 11.0. The lowest BCUT2D eigenvalue weighted by atomic mass is 9.86. The van der Waals surface area contributed by atoms with Gasteiger partial charge in [-0.15, -0.1) is 10.2 Å². The number of nitrogens with zero attached hydrogens (tertiary/aromatic N) is 4. The van der Waals surface area contributed by atoms with Crippen LogP contribution < -0.4 is 0 Å². The summed E-state index contributed by atoms with van der Waals surface area (Å²) in [4.78, 5) is 9.60. The summed E-state index contributed by atoms with van der Waals surface area (Å²) in [7, 11) is 0. The SMILES string of the molecule is Cc1ccc2c(c1)CC(C)(C)N=C2c1nnc2ccccc2n1. The van der Waals surface area contributed by atoms with Crippen LogP contribution >= 0.6 is 0 Å². The summed E-state index contributed by atoms with van der Waals surface area (Å²) >= 11 is 0. The van der Waals surface area contributed by atoms with Gasteiger partial charge in [0, 0.05) is 5.56 Å². The van der Waals surface area contributed by atoms with Crippen LogP contribution in [0.1, 0.15) is 36.4 Å². The number of aromatic nitrogens is 3. The molecule has 0 saturated carbocycles. The number of para-hydroxylation sites is 1. The van der Waals surface area contributed by atoms with Crippen molar-refractivity contribution in [1.82, 2.24) is 15.2 Å². The highest BCUT2D eigenvalue weighted by atomic mass is 15.2. The van der Waals surface area contributed by atoms with Crippen LogP contribution in [-0.4, -0.2) is 26.4 Å². The highest BCUT2D eigenvalue weighted by molar-refractivity contribution is 6.12. The molecule has 0 bridgehead atoms. The van der Waals surface area contributed by atoms with Gasteiger partial charge in [0.05, 0.1) is 11.1 Å². The maximum Gasteiger partial charge on any atom is 0.201 e. The number of aliphatic imine (C=N–C) groups is 1. The average Bonchev–Trinajstić information content (AvgIpc) is 2.52. The number of hydrogen-bond acceptors (Lipinski definition) is 4. The molecule has 4 heteroatoms. The molecule has 0 atom stereocenters. The summed E-state index contributed by atoms with van der Waals surface area (Å²) in [5.74, 6) is 0.599. The Kier molecular flexibility index (Phi) is 3.01. The first-order valence-corrected chi connectivity index (χ1v) is 7.81. The Morgan fingerprint density at radius 3 is 2.57 bits per heavy atom. The Morgan fingerprint density at radius 1 is 0.957 bits per heavy atom. The molecular weight excluding hydrogens is 284 g/mol. The van der Waals surface area contributed by atoms with Gasteiger partial charge in [0.25, 0.3) is 0 Å². The van der Waals surface area contributed by atoms with Gasteiger partial charge in [-0.25, -0.2) is 4.98 Å². The quantitative estimate of drug-likeness (QED) is 0.691. The number of aryl methyl sites for hydroxylation is 1. The van der Waals surface area contributed by atoms with Crippen molar-refractivity contribution < 1.29 is 0 Å². The molecule has 0 radical (unpaired) electrons. The van der Waals surface area contributed by atoms with E-state index >= 15 is 0 Å². The minimum Gasteiger partial charge on any atom is -0.274 e. The molecule has 0 unspecified atom stereocenters. The predicted molar refractivity (Wildman–Crippen MR) is 91.9 cm³/mol. The third-order valence-electron chi connectivity index (χ3n) is 4.13. The molecule has 3 aromatic rings. The molecule has 1 aliphatic rings. The van der Waals surface area contributed by atoms with Crippen LogP contribution in [-0.2, 0) is 6.42 Å². The lowest BCUT2D eigenvalue weighted by Crippen LogP contribution is -2.30. The van der Waals surface area contributed by atoms with Crippen molar-refractivity contribution in [2.24, 2.45) is 4.99 Å². The molecule has 0 saturated heterocycles. The largest absolute Gasteiger partial charge is 0.274 e. The van der Waals surface area contributed by atoms with Gasteiger partial charge >= 0.3 is 0 Å². The summed E-state index contributed by atoms with van der Waals surface area (Å²) in [5.41, 5.74) is 6.01. The predicted octanol–water partition coefficient (Wildman–Crippen LogP) is 3.51. The lowest BCUT2D eigenvalue weighted by Gasteiger charge is -2.28. The Balaban J connectivity index is 1.93. The smallest absolute Gasteiger partial charge is 0.201 e. The standard InChI is InChI=1S/C19H18N4/c1-12-8-9-14-13(10-12)11-19(2,3)21-17(14)18-20-15-6-4-5-7-16(15)22-23-18/h4-10H,11H2,1-3H3. The van der Waals surface area contributed by atoms with Crippen molar-refractivity contribution in [3.05, 3.63) is 65.0 Å². The van der Waals surface area contributed by atoms with Crippen LogP contribution in [0.2, 0.25) is 0 Å². The van der Waals surface area contributed by atoms with E-state index < -0.39 is 0 Å². The summed E-state index contributed by atoms with van der Waals surface area (Å²) in [6, 6.07) is 14.3. The van der Waals surface area contributed by atoms with E-state index in [9.17, 15) is 0 Å². The van der Waals surface area contributed by atoms with Crippen molar-refractivity contribution >= 4 is 16.7 Å². The van der Waals surface area contributed by atoms with Crippen LogP contribution in [0.3, 0.4) is 0 Å². The summed E-state index contributed by atoms with van der Waals surface area (Å²) < 4.78 is 0. The second-order valence-electron chi connectivity index (χ2n) is 6.73. The zero-order valence-electron chi connectivity index (χ0n) is 13.5. The molecular formula is C19H18N4. The maximum absolute atomic E-state index is 4.91. The zero-order valence-corrected chi connectivity index (χ0v) is 13.5. The zero-order chi connectivity index (χ0) is 16.0. The average molecular weight is 302 g/mol. The van der Waals surface area contributed by atoms with Gasteiger partial charge in [0.1, 0.15) is 11.2 Å². The van der Waals surface area contributed by atoms with E-state index in [0.717, 1.165) is 28.7 Å². The molecule has 2 heterocycles. The molecule has 4 rings (SSSR count). The number of hydrogen-bond donors (Lipinski definition) is 0. The molecule has 0 spiro atoms. The Morgan fingerprint density at radius 2 is 1.74 bits per heavy atom. The fraction of sp³-hybridized carbons (Fsp3) is 0.263. The van der Waals surface area contributed by atoms with E-state index in [-0.39, 0.29) is 5.54 Å². The molecule has 1 aliphatic heterocycles. The number of rotatable bonds is 1. The van der Waals surface area contributed by atoms with Crippen LogP contribution in [0.5, 0.6) is 0 Å². The summed E-state index contributed by atoms with van der Waals surface area (Å²) in [6.07, 6.45) is 0.925. The fourth-order valence-electron chi connectivity index (χ4n) is 3.12. The van der Waals surface area contributed by atoms with Gasteiger partial charge in [-0.1, -0.05) is 35.9 Å². The van der Waals surface area contributed by atoms with Gasteiger partial charge < -0.3 is 0 Å². The van der Waals surface area contributed by atoms with E-state index in [1.54, 1.807) is 0 Å². The highest BCUT2D eigenvalue weighted by Gasteiger charge is 2.28. The van der Waals surface area contributed by atoms with E-state index in [4.69, 9.17) is 4.99 Å². The second kappa shape index (κ2) is 4.95. The molecule has 0 aliphatic carbocycles. The number of benzene rings is 2. The van der Waals surface area contributed by atoms with Gasteiger partial charge in [-0.3, -0.25) is 4.99 Å². The van der Waals surface area contributed by atoms with Crippen molar-refractivity contribution in [2.45, 2.75) is 32.7 Å². The van der Waals surface area contributed by atoms with E-state index in [0.29, 0.717) is 5.82 Å². The van der Waals surface area contributed by atoms with Crippen LogP contribution in [0.15, 0.2) is 47.5 Å². The highest BCUT2D eigenvalue weighted by Crippen LogP contribution is 2.29. The molecule has 0 fully saturated rings. The monoisotopic (exact) mass is 302 g/mol. The maximum atomic E-state index is 4.91. The third-order valence-corrected chi connectivity index (χ3v) is 4.13. The molecule has 114 valence electrons. The van der Waals surface area contributed by atoms with Crippen molar-refractivity contribution in [2.75, 3.05) is 0 Å². The Hall–Kier alpha value is -2.62. The molecule has 2 aromatic carbocycles. The van der Waals surface area contributed by atoms with Gasteiger partial charge in [0.2, 0.25) is 5.82 Å². The molecule has 0 amide bonds. The number of fused-ring (bicyclic) bond motifs is 2. The van der Waals surface area contributed by atoms with Gasteiger partial charge in [-0.2, -0.15) is 0 Å². The van der Waals surface area contributed by atoms with E-state index in [1.807, 2.05) is 24.3 Å². The normalized spacial score (nSPS) is 16.0. The summed E-state index contributed by atoms with van der Waals surface area (Å²) in [5, 5.41) is 8.63. The molecule has 0 N–H and O–H groups in total. The van der Waals surface area contributed by atoms with E-state index in [2.05, 4.69) is 54.2 Å². The van der Waals surface area contributed by atoms with Crippen LogP contribution in [0.4, 0.5) is 0 Å². The second-order valence-corrected chi connectivity index (χ2v) is 6.73. The van der Waals surface area contributed by atoms with Gasteiger partial charge in [-0.05, 0) is 44.9 Å². The topological polar surface area (TPSA) is 51.0 Å². The van der Waals surface area contributed by atoms with Crippen molar-refractivity contribution in [3.63, 3.8) is 0 Å². The fourth-order valence-corrected chi connectivity index (χ4v) is 3.12. The van der Waals surface area contributed by atoms with Crippen LogP contribution in [0, 0.1) is 6.92 Å². The third kappa shape index (κ3) is 2.50.